The van der Waals surface area contributed by atoms with Gasteiger partial charge in [0.05, 0.1) is 12.3 Å². The van der Waals surface area contributed by atoms with E-state index in [0.717, 1.165) is 27.8 Å². The lowest BCUT2D eigenvalue weighted by Crippen LogP contribution is -2.28. The van der Waals surface area contributed by atoms with E-state index in [-0.39, 0.29) is 6.04 Å². The zero-order chi connectivity index (χ0) is 13.2. The van der Waals surface area contributed by atoms with Crippen LogP contribution in [0.3, 0.4) is 0 Å². The summed E-state index contributed by atoms with van der Waals surface area (Å²) >= 11 is 0. The van der Waals surface area contributed by atoms with Crippen LogP contribution < -0.4 is 11.3 Å². The quantitative estimate of drug-likeness (QED) is 0.556. The number of nitrogens with zero attached hydrogens (tertiary/aromatic N) is 1. The monoisotopic (exact) mass is 253 g/mol. The van der Waals surface area contributed by atoms with E-state index in [0.29, 0.717) is 0 Å². The van der Waals surface area contributed by atoms with Crippen molar-refractivity contribution in [2.24, 2.45) is 5.84 Å². The van der Waals surface area contributed by atoms with Crippen LogP contribution in [0.5, 0.6) is 0 Å². The van der Waals surface area contributed by atoms with Crippen LogP contribution in [-0.4, -0.2) is 4.98 Å². The molecule has 0 aliphatic carbocycles. The number of aryl methyl sites for hydroxylation is 1. The number of aromatic nitrogens is 1. The third kappa shape index (κ3) is 2.12. The molecule has 0 aliphatic rings. The molecule has 96 valence electrons. The van der Waals surface area contributed by atoms with Crippen molar-refractivity contribution in [2.75, 3.05) is 0 Å². The maximum Gasteiger partial charge on any atom is 0.134 e. The third-order valence-electron chi connectivity index (χ3n) is 3.26. The topological polar surface area (TPSA) is 64.1 Å². The minimum absolute atomic E-state index is 0.128. The molecule has 2 heterocycles. The van der Waals surface area contributed by atoms with E-state index in [4.69, 9.17) is 10.3 Å². The van der Waals surface area contributed by atoms with Crippen LogP contribution in [0.25, 0.3) is 11.0 Å². The molecule has 0 aliphatic heterocycles. The molecule has 1 atom stereocenters. The van der Waals surface area contributed by atoms with Gasteiger partial charge in [0.15, 0.2) is 0 Å². The summed E-state index contributed by atoms with van der Waals surface area (Å²) in [5, 5.41) is 1.06. The first-order valence-electron chi connectivity index (χ1n) is 6.14. The van der Waals surface area contributed by atoms with E-state index < -0.39 is 0 Å². The Bertz CT molecular complexity index is 688. The number of hydrogen-bond donors (Lipinski definition) is 2. The highest BCUT2D eigenvalue weighted by Gasteiger charge is 2.17. The Hall–Kier alpha value is -2.17. The molecule has 0 amide bonds. The number of para-hydroxylation sites is 1. The van der Waals surface area contributed by atoms with Crippen molar-refractivity contribution in [2.45, 2.75) is 13.0 Å². The van der Waals surface area contributed by atoms with E-state index in [1.807, 2.05) is 49.5 Å². The molecule has 4 nitrogen and oxygen atoms in total. The molecule has 1 aromatic carbocycles. The minimum Gasteiger partial charge on any atom is -0.464 e. The van der Waals surface area contributed by atoms with Crippen LogP contribution in [0.15, 0.2) is 53.3 Å². The minimum atomic E-state index is -0.128. The van der Waals surface area contributed by atoms with Crippen LogP contribution >= 0.6 is 0 Å². The zero-order valence-electron chi connectivity index (χ0n) is 10.6. The zero-order valence-corrected chi connectivity index (χ0v) is 10.6. The largest absolute Gasteiger partial charge is 0.464 e. The average molecular weight is 253 g/mol. The van der Waals surface area contributed by atoms with Crippen LogP contribution in [-0.2, 0) is 0 Å². The predicted octanol–water partition coefficient (Wildman–Crippen LogP) is 2.69. The number of benzene rings is 1. The second kappa shape index (κ2) is 4.84. The number of rotatable bonds is 3. The van der Waals surface area contributed by atoms with Crippen LogP contribution in [0, 0.1) is 6.92 Å². The van der Waals surface area contributed by atoms with E-state index in [9.17, 15) is 0 Å². The first kappa shape index (κ1) is 11.9. The molecule has 3 aromatic rings. The standard InChI is InChI=1S/C15H15N3O/c1-10-6-7-11(8-17-10)15(18-16)13-9-19-14-5-3-2-4-12(13)14/h2-9,15,18H,16H2,1H3. The Morgan fingerprint density at radius 1 is 1.21 bits per heavy atom. The fourth-order valence-electron chi connectivity index (χ4n) is 2.24. The summed E-state index contributed by atoms with van der Waals surface area (Å²) in [5.74, 6) is 5.71. The molecular formula is C15H15N3O. The lowest BCUT2D eigenvalue weighted by atomic mass is 10.00. The van der Waals surface area contributed by atoms with Gasteiger partial charge in [-0.3, -0.25) is 10.8 Å². The van der Waals surface area contributed by atoms with Gasteiger partial charge in [0.2, 0.25) is 0 Å². The Kier molecular flexibility index (Phi) is 3.03. The van der Waals surface area contributed by atoms with E-state index in [1.165, 1.54) is 0 Å². The second-order valence-electron chi connectivity index (χ2n) is 4.52. The summed E-state index contributed by atoms with van der Waals surface area (Å²) in [5.41, 5.74) is 6.71. The number of nitrogens with two attached hydrogens (primary N) is 1. The molecule has 0 spiro atoms. The van der Waals surface area contributed by atoms with Gasteiger partial charge in [-0.15, -0.1) is 0 Å². The maximum absolute atomic E-state index is 5.71. The number of hydrazine groups is 1. The van der Waals surface area contributed by atoms with Crippen LogP contribution in [0.2, 0.25) is 0 Å². The van der Waals surface area contributed by atoms with E-state index in [2.05, 4.69) is 10.4 Å². The van der Waals surface area contributed by atoms with Crippen molar-refractivity contribution in [1.82, 2.24) is 10.4 Å². The van der Waals surface area contributed by atoms with Crippen molar-refractivity contribution >= 4 is 11.0 Å². The lowest BCUT2D eigenvalue weighted by molar-refractivity contribution is 0.585. The number of furan rings is 1. The molecular weight excluding hydrogens is 238 g/mol. The average Bonchev–Trinajstić information content (AvgIpc) is 2.86. The highest BCUT2D eigenvalue weighted by molar-refractivity contribution is 5.81. The van der Waals surface area contributed by atoms with Gasteiger partial charge in [-0.1, -0.05) is 24.3 Å². The normalized spacial score (nSPS) is 12.7. The summed E-state index contributed by atoms with van der Waals surface area (Å²) in [6.07, 6.45) is 3.58. The number of hydrogen-bond acceptors (Lipinski definition) is 4. The summed E-state index contributed by atoms with van der Waals surface area (Å²) in [6.45, 7) is 1.96. The fourth-order valence-corrected chi connectivity index (χ4v) is 2.24. The molecule has 3 N–H and O–H groups in total. The van der Waals surface area contributed by atoms with Gasteiger partial charge >= 0.3 is 0 Å². The third-order valence-corrected chi connectivity index (χ3v) is 3.26. The summed E-state index contributed by atoms with van der Waals surface area (Å²) < 4.78 is 5.56. The van der Waals surface area contributed by atoms with Gasteiger partial charge < -0.3 is 4.42 Å². The Morgan fingerprint density at radius 2 is 2.05 bits per heavy atom. The van der Waals surface area contributed by atoms with Crippen LogP contribution in [0.4, 0.5) is 0 Å². The summed E-state index contributed by atoms with van der Waals surface area (Å²) in [4.78, 5) is 4.31. The Morgan fingerprint density at radius 3 is 2.79 bits per heavy atom. The molecule has 19 heavy (non-hydrogen) atoms. The molecule has 0 radical (unpaired) electrons. The molecule has 0 saturated heterocycles. The molecule has 3 rings (SSSR count). The van der Waals surface area contributed by atoms with Crippen molar-refractivity contribution in [3.05, 3.63) is 65.7 Å². The van der Waals surface area contributed by atoms with Crippen molar-refractivity contribution in [1.29, 1.82) is 0 Å². The van der Waals surface area contributed by atoms with Gasteiger partial charge in [0, 0.05) is 22.8 Å². The van der Waals surface area contributed by atoms with Gasteiger partial charge in [-0.2, -0.15) is 0 Å². The van der Waals surface area contributed by atoms with E-state index >= 15 is 0 Å². The molecule has 0 fully saturated rings. The van der Waals surface area contributed by atoms with E-state index in [1.54, 1.807) is 6.26 Å². The number of fused-ring (bicyclic) bond motifs is 1. The van der Waals surface area contributed by atoms with Crippen molar-refractivity contribution in [3.63, 3.8) is 0 Å². The first-order chi connectivity index (χ1) is 9.29. The molecule has 0 bridgehead atoms. The summed E-state index contributed by atoms with van der Waals surface area (Å²) in [6, 6.07) is 11.8. The SMILES string of the molecule is Cc1ccc(C(NN)c2coc3ccccc23)cn1. The predicted molar refractivity (Wildman–Crippen MR) is 74.4 cm³/mol. The van der Waals surface area contributed by atoms with Crippen molar-refractivity contribution in [3.8, 4) is 0 Å². The molecule has 4 heteroatoms. The van der Waals surface area contributed by atoms with Gasteiger partial charge in [0.25, 0.3) is 0 Å². The fraction of sp³-hybridized carbons (Fsp3) is 0.133. The second-order valence-corrected chi connectivity index (χ2v) is 4.52. The molecule has 1 unspecified atom stereocenters. The van der Waals surface area contributed by atoms with Crippen LogP contribution in [0.1, 0.15) is 22.9 Å². The Labute approximate surface area is 111 Å². The highest BCUT2D eigenvalue weighted by atomic mass is 16.3. The Balaban J connectivity index is 2.09. The van der Waals surface area contributed by atoms with Gasteiger partial charge in [-0.25, -0.2) is 5.43 Å². The van der Waals surface area contributed by atoms with Crippen molar-refractivity contribution < 1.29 is 4.42 Å². The maximum atomic E-state index is 5.71. The number of pyridine rings is 1. The highest BCUT2D eigenvalue weighted by Crippen LogP contribution is 2.29. The lowest BCUT2D eigenvalue weighted by Gasteiger charge is -2.15. The smallest absolute Gasteiger partial charge is 0.134 e. The first-order valence-corrected chi connectivity index (χ1v) is 6.14. The number of nitrogens with one attached hydrogen (secondary N) is 1. The molecule has 2 aromatic heterocycles. The summed E-state index contributed by atoms with van der Waals surface area (Å²) in [7, 11) is 0. The molecule has 0 saturated carbocycles. The van der Waals surface area contributed by atoms with Gasteiger partial charge in [-0.05, 0) is 24.6 Å². The van der Waals surface area contributed by atoms with Gasteiger partial charge in [0.1, 0.15) is 5.58 Å².